The second-order valence-corrected chi connectivity index (χ2v) is 7.71. The van der Waals surface area contributed by atoms with E-state index in [-0.39, 0.29) is 17.2 Å². The van der Waals surface area contributed by atoms with E-state index in [0.717, 1.165) is 11.3 Å². The molecule has 31 heavy (non-hydrogen) atoms. The minimum atomic E-state index is -0.308. The molecule has 0 bridgehead atoms. The minimum Gasteiger partial charge on any atom is -0.302 e. The monoisotopic (exact) mass is 428 g/mol. The van der Waals surface area contributed by atoms with Crippen LogP contribution in [0.2, 0.25) is 5.02 Å². The van der Waals surface area contributed by atoms with Crippen molar-refractivity contribution in [2.24, 2.45) is 5.10 Å². The smallest absolute Gasteiger partial charge is 0.282 e. The van der Waals surface area contributed by atoms with Gasteiger partial charge in [-0.05, 0) is 42.8 Å². The normalized spacial score (nSPS) is 14.5. The van der Waals surface area contributed by atoms with E-state index >= 15 is 0 Å². The van der Waals surface area contributed by atoms with Crippen molar-refractivity contribution in [2.75, 3.05) is 4.90 Å². The molecular formula is C24H17ClN4O2. The molecule has 2 heterocycles. The molecule has 4 aromatic rings. The molecule has 0 spiro atoms. The molecule has 0 N–H and O–H groups in total. The zero-order chi connectivity index (χ0) is 21.5. The summed E-state index contributed by atoms with van der Waals surface area (Å²) in [4.78, 5) is 32.5. The Hall–Kier alpha value is -3.77. The lowest BCUT2D eigenvalue weighted by atomic mass is 10.1. The Balaban J connectivity index is 1.63. The Kier molecular flexibility index (Phi) is 4.64. The van der Waals surface area contributed by atoms with E-state index < -0.39 is 0 Å². The number of halogens is 1. The number of benzene rings is 3. The lowest BCUT2D eigenvalue weighted by Crippen LogP contribution is -2.31. The van der Waals surface area contributed by atoms with Gasteiger partial charge in [0.1, 0.15) is 5.82 Å². The molecule has 1 aliphatic rings. The maximum absolute atomic E-state index is 13.4. The van der Waals surface area contributed by atoms with Gasteiger partial charge in [0.05, 0.1) is 23.1 Å². The minimum absolute atomic E-state index is 0.215. The third-order valence-corrected chi connectivity index (χ3v) is 5.52. The van der Waals surface area contributed by atoms with Crippen molar-refractivity contribution in [2.45, 2.75) is 13.5 Å². The van der Waals surface area contributed by atoms with E-state index in [1.54, 1.807) is 42.2 Å². The molecule has 3 aromatic carbocycles. The molecule has 152 valence electrons. The standard InChI is InChI=1S/C24H17ClN4O2/c1-15-26-20-8-4-2-6-18(20)23(30)29(15)27-22-19-7-3-5-9-21(19)28(24(22)31)14-16-10-12-17(25)13-11-16/h2-13H,14H2,1H3. The molecule has 0 aliphatic carbocycles. The highest BCUT2D eigenvalue weighted by Gasteiger charge is 2.34. The van der Waals surface area contributed by atoms with Crippen molar-refractivity contribution in [1.29, 1.82) is 0 Å². The molecule has 7 heteroatoms. The molecule has 0 saturated heterocycles. The van der Waals surface area contributed by atoms with Crippen LogP contribution in [0.15, 0.2) is 82.7 Å². The topological polar surface area (TPSA) is 67.6 Å². The van der Waals surface area contributed by atoms with Gasteiger partial charge in [0.25, 0.3) is 11.5 Å². The summed E-state index contributed by atoms with van der Waals surface area (Å²) in [6.07, 6.45) is 0. The highest BCUT2D eigenvalue weighted by molar-refractivity contribution is 6.54. The van der Waals surface area contributed by atoms with Crippen LogP contribution >= 0.6 is 11.6 Å². The van der Waals surface area contributed by atoms with Crippen molar-refractivity contribution in [3.8, 4) is 0 Å². The van der Waals surface area contributed by atoms with Crippen molar-refractivity contribution in [3.05, 3.63) is 105 Å². The van der Waals surface area contributed by atoms with Crippen LogP contribution in [-0.4, -0.2) is 21.3 Å². The van der Waals surface area contributed by atoms with Crippen molar-refractivity contribution < 1.29 is 4.79 Å². The largest absolute Gasteiger partial charge is 0.302 e. The summed E-state index contributed by atoms with van der Waals surface area (Å²) in [6, 6.07) is 21.9. The first-order valence-corrected chi connectivity index (χ1v) is 10.1. The molecular weight excluding hydrogens is 412 g/mol. The van der Waals surface area contributed by atoms with Gasteiger partial charge in [0.15, 0.2) is 5.71 Å². The quantitative estimate of drug-likeness (QED) is 0.492. The van der Waals surface area contributed by atoms with E-state index in [4.69, 9.17) is 11.6 Å². The Morgan fingerprint density at radius 2 is 1.65 bits per heavy atom. The number of nitrogens with zero attached hydrogens (tertiary/aromatic N) is 4. The number of aryl methyl sites for hydroxylation is 1. The Morgan fingerprint density at radius 1 is 0.935 bits per heavy atom. The average Bonchev–Trinajstić information content (AvgIpc) is 3.04. The van der Waals surface area contributed by atoms with Crippen LogP contribution in [0, 0.1) is 6.92 Å². The molecule has 0 fully saturated rings. The number of rotatable bonds is 3. The molecule has 0 atom stereocenters. The van der Waals surface area contributed by atoms with E-state index in [2.05, 4.69) is 10.1 Å². The van der Waals surface area contributed by atoms with Crippen LogP contribution in [0.3, 0.4) is 0 Å². The van der Waals surface area contributed by atoms with Gasteiger partial charge in [0, 0.05) is 10.6 Å². The van der Waals surface area contributed by atoms with Crippen LogP contribution in [0.25, 0.3) is 10.9 Å². The summed E-state index contributed by atoms with van der Waals surface area (Å²) in [6.45, 7) is 2.07. The van der Waals surface area contributed by atoms with Crippen LogP contribution in [-0.2, 0) is 11.3 Å². The van der Waals surface area contributed by atoms with Gasteiger partial charge in [-0.15, -0.1) is 0 Å². The van der Waals surface area contributed by atoms with Gasteiger partial charge in [-0.2, -0.15) is 9.78 Å². The molecule has 5 rings (SSSR count). The van der Waals surface area contributed by atoms with Gasteiger partial charge >= 0.3 is 0 Å². The number of carbonyl (C=O) groups is 1. The average molecular weight is 429 g/mol. The first-order valence-electron chi connectivity index (χ1n) is 9.76. The summed E-state index contributed by atoms with van der Waals surface area (Å²) >= 11 is 5.98. The highest BCUT2D eigenvalue weighted by Crippen LogP contribution is 2.31. The second kappa shape index (κ2) is 7.49. The number of hydrogen-bond donors (Lipinski definition) is 0. The van der Waals surface area contributed by atoms with Crippen LogP contribution in [0.1, 0.15) is 17.0 Å². The third kappa shape index (κ3) is 3.31. The predicted octanol–water partition coefficient (Wildman–Crippen LogP) is 4.16. The maximum atomic E-state index is 13.4. The van der Waals surface area contributed by atoms with Gasteiger partial charge in [-0.3, -0.25) is 9.59 Å². The molecule has 0 saturated carbocycles. The third-order valence-electron chi connectivity index (χ3n) is 5.27. The van der Waals surface area contributed by atoms with Gasteiger partial charge in [-0.25, -0.2) is 4.98 Å². The lowest BCUT2D eigenvalue weighted by molar-refractivity contribution is -0.112. The molecule has 0 unspecified atom stereocenters. The Labute approximate surface area is 183 Å². The van der Waals surface area contributed by atoms with E-state index in [1.165, 1.54) is 4.68 Å². The summed E-state index contributed by atoms with van der Waals surface area (Å²) in [5.41, 5.74) is 2.88. The Bertz CT molecular complexity index is 1420. The fourth-order valence-electron chi connectivity index (χ4n) is 3.74. The fourth-order valence-corrected chi connectivity index (χ4v) is 3.87. The molecule has 6 nitrogen and oxygen atoms in total. The van der Waals surface area contributed by atoms with E-state index in [9.17, 15) is 9.59 Å². The summed E-state index contributed by atoms with van der Waals surface area (Å²) in [5, 5.41) is 5.57. The number of aromatic nitrogens is 2. The summed E-state index contributed by atoms with van der Waals surface area (Å²) < 4.78 is 1.21. The molecule has 1 amide bonds. The molecule has 1 aliphatic heterocycles. The number of fused-ring (bicyclic) bond motifs is 2. The molecule has 1 aromatic heterocycles. The number of carbonyl (C=O) groups excluding carboxylic acids is 1. The van der Waals surface area contributed by atoms with Gasteiger partial charge < -0.3 is 4.90 Å². The number of anilines is 1. The number of hydrogen-bond acceptors (Lipinski definition) is 4. The molecule has 0 radical (unpaired) electrons. The van der Waals surface area contributed by atoms with Gasteiger partial charge in [-0.1, -0.05) is 54.1 Å². The first kappa shape index (κ1) is 19.2. The van der Waals surface area contributed by atoms with Crippen molar-refractivity contribution in [3.63, 3.8) is 0 Å². The van der Waals surface area contributed by atoms with Crippen molar-refractivity contribution >= 4 is 39.8 Å². The van der Waals surface area contributed by atoms with E-state index in [0.29, 0.717) is 33.9 Å². The first-order chi connectivity index (χ1) is 15.0. The number of para-hydroxylation sites is 2. The second-order valence-electron chi connectivity index (χ2n) is 7.28. The van der Waals surface area contributed by atoms with Crippen molar-refractivity contribution in [1.82, 2.24) is 9.66 Å². The highest BCUT2D eigenvalue weighted by atomic mass is 35.5. The summed E-state index contributed by atoms with van der Waals surface area (Å²) in [5.74, 6) is 0.147. The van der Waals surface area contributed by atoms with E-state index in [1.807, 2.05) is 42.5 Å². The van der Waals surface area contributed by atoms with Crippen LogP contribution in [0.5, 0.6) is 0 Å². The SMILES string of the molecule is Cc1nc2ccccc2c(=O)n1N=C1C(=O)N(Cc2ccc(Cl)cc2)c2ccccc21. The fraction of sp³-hybridized carbons (Fsp3) is 0.0833. The zero-order valence-electron chi connectivity index (χ0n) is 16.6. The number of amides is 1. The Morgan fingerprint density at radius 3 is 2.45 bits per heavy atom. The van der Waals surface area contributed by atoms with Crippen LogP contribution < -0.4 is 10.5 Å². The maximum Gasteiger partial charge on any atom is 0.282 e. The lowest BCUT2D eigenvalue weighted by Gasteiger charge is -2.17. The van der Waals surface area contributed by atoms with Gasteiger partial charge in [0.2, 0.25) is 0 Å². The zero-order valence-corrected chi connectivity index (χ0v) is 17.4. The van der Waals surface area contributed by atoms with Crippen LogP contribution in [0.4, 0.5) is 5.69 Å². The summed E-state index contributed by atoms with van der Waals surface area (Å²) in [7, 11) is 0. The predicted molar refractivity (Wildman–Crippen MR) is 122 cm³/mol.